The molecule has 15 heavy (non-hydrogen) atoms. The van der Waals surface area contributed by atoms with E-state index in [1.54, 1.807) is 18.0 Å². The van der Waals surface area contributed by atoms with Crippen molar-refractivity contribution in [3.05, 3.63) is 23.4 Å². The molecule has 0 amide bonds. The minimum atomic E-state index is 0.181. The van der Waals surface area contributed by atoms with E-state index < -0.39 is 0 Å². The molecule has 1 aromatic heterocycles. The summed E-state index contributed by atoms with van der Waals surface area (Å²) in [6.07, 6.45) is 1.67. The van der Waals surface area contributed by atoms with E-state index in [9.17, 15) is 0 Å². The summed E-state index contributed by atoms with van der Waals surface area (Å²) in [5, 5.41) is 2.01. The van der Waals surface area contributed by atoms with Crippen LogP contribution in [0.3, 0.4) is 0 Å². The molecule has 0 spiro atoms. The molecule has 0 saturated heterocycles. The largest absolute Gasteiger partial charge is 0.329 e. The number of hydrogen-bond acceptors (Lipinski definition) is 3. The monoisotopic (exact) mass is 244 g/mol. The second-order valence-corrected chi connectivity index (χ2v) is 6.18. The zero-order valence-electron chi connectivity index (χ0n) is 9.33. The highest BCUT2D eigenvalue weighted by molar-refractivity contribution is 7.99. The number of aromatic nitrogens is 1. The fraction of sp³-hybridized carbons (Fsp3) is 0.545. The predicted octanol–water partition coefficient (Wildman–Crippen LogP) is 3.20. The molecular formula is C11H17ClN2S. The van der Waals surface area contributed by atoms with Crippen molar-refractivity contribution in [2.24, 2.45) is 11.1 Å². The lowest BCUT2D eigenvalue weighted by Gasteiger charge is -2.28. The molecule has 4 heteroatoms. The van der Waals surface area contributed by atoms with Gasteiger partial charge in [0, 0.05) is 18.0 Å². The van der Waals surface area contributed by atoms with Crippen LogP contribution in [-0.2, 0) is 0 Å². The highest BCUT2D eigenvalue weighted by atomic mass is 35.5. The number of thioether (sulfide) groups is 1. The van der Waals surface area contributed by atoms with Gasteiger partial charge in [-0.15, -0.1) is 11.8 Å². The second kappa shape index (κ2) is 5.19. The average Bonchev–Trinajstić information content (AvgIpc) is 2.15. The maximum absolute atomic E-state index is 5.78. The Morgan fingerprint density at radius 3 is 2.53 bits per heavy atom. The quantitative estimate of drug-likeness (QED) is 0.830. The van der Waals surface area contributed by atoms with Gasteiger partial charge in [-0.25, -0.2) is 4.98 Å². The van der Waals surface area contributed by atoms with Gasteiger partial charge in [0.15, 0.2) is 0 Å². The number of halogens is 1. The third kappa shape index (κ3) is 4.01. The highest BCUT2D eigenvalue weighted by Crippen LogP contribution is 2.33. The van der Waals surface area contributed by atoms with Crippen molar-refractivity contribution in [2.75, 3.05) is 6.54 Å². The van der Waals surface area contributed by atoms with Gasteiger partial charge in [-0.2, -0.15) is 0 Å². The van der Waals surface area contributed by atoms with E-state index in [1.807, 2.05) is 12.1 Å². The van der Waals surface area contributed by atoms with Crippen molar-refractivity contribution >= 4 is 23.4 Å². The first-order valence-corrected chi connectivity index (χ1v) is 6.17. The average molecular weight is 245 g/mol. The Labute approximate surface area is 101 Å². The fourth-order valence-corrected chi connectivity index (χ4v) is 2.27. The van der Waals surface area contributed by atoms with Crippen LogP contribution in [0.15, 0.2) is 23.4 Å². The number of nitrogens with two attached hydrogens (primary N) is 1. The molecule has 0 aromatic carbocycles. The highest BCUT2D eigenvalue weighted by Gasteiger charge is 2.24. The predicted molar refractivity (Wildman–Crippen MR) is 67.4 cm³/mol. The minimum Gasteiger partial charge on any atom is -0.329 e. The molecule has 84 valence electrons. The SMILES string of the molecule is CC(C)(C)C(CN)Sc1ccc(Cl)cn1. The first-order valence-electron chi connectivity index (χ1n) is 4.92. The molecule has 0 aliphatic rings. The van der Waals surface area contributed by atoms with Crippen molar-refractivity contribution in [3.8, 4) is 0 Å². The van der Waals surface area contributed by atoms with Crippen LogP contribution in [0.4, 0.5) is 0 Å². The number of pyridine rings is 1. The standard InChI is InChI=1S/C11H17ClN2S/c1-11(2,3)9(6-13)15-10-5-4-8(12)7-14-10/h4-5,7,9H,6,13H2,1-3H3. The molecule has 0 radical (unpaired) electrons. The molecule has 1 rings (SSSR count). The van der Waals surface area contributed by atoms with E-state index in [4.69, 9.17) is 17.3 Å². The van der Waals surface area contributed by atoms with Gasteiger partial charge in [0.1, 0.15) is 0 Å². The lowest BCUT2D eigenvalue weighted by atomic mass is 9.92. The summed E-state index contributed by atoms with van der Waals surface area (Å²) in [6.45, 7) is 7.22. The first-order chi connectivity index (χ1) is 6.93. The third-order valence-corrected chi connectivity index (χ3v) is 4.03. The first kappa shape index (κ1) is 12.8. The topological polar surface area (TPSA) is 38.9 Å². The maximum atomic E-state index is 5.78. The molecule has 1 heterocycles. The van der Waals surface area contributed by atoms with Gasteiger partial charge < -0.3 is 5.73 Å². The summed E-state index contributed by atoms with van der Waals surface area (Å²) in [7, 11) is 0. The van der Waals surface area contributed by atoms with Crippen LogP contribution >= 0.6 is 23.4 Å². The van der Waals surface area contributed by atoms with Crippen LogP contribution < -0.4 is 5.73 Å². The lowest BCUT2D eigenvalue weighted by Crippen LogP contribution is -2.30. The molecule has 0 aliphatic carbocycles. The van der Waals surface area contributed by atoms with E-state index in [1.165, 1.54) is 0 Å². The van der Waals surface area contributed by atoms with Crippen molar-refractivity contribution in [3.63, 3.8) is 0 Å². The zero-order chi connectivity index (χ0) is 11.5. The van der Waals surface area contributed by atoms with Gasteiger partial charge in [0.25, 0.3) is 0 Å². The Bertz CT molecular complexity index is 305. The van der Waals surface area contributed by atoms with E-state index in [0.29, 0.717) is 16.8 Å². The van der Waals surface area contributed by atoms with Crippen molar-refractivity contribution in [1.29, 1.82) is 0 Å². The molecule has 1 atom stereocenters. The zero-order valence-corrected chi connectivity index (χ0v) is 10.9. The molecule has 0 saturated carbocycles. The Hall–Kier alpha value is -0.250. The summed E-state index contributed by atoms with van der Waals surface area (Å²) in [5.41, 5.74) is 5.94. The van der Waals surface area contributed by atoms with Crippen molar-refractivity contribution in [2.45, 2.75) is 31.0 Å². The van der Waals surface area contributed by atoms with Gasteiger partial charge in [-0.05, 0) is 17.5 Å². The molecule has 2 nitrogen and oxygen atoms in total. The van der Waals surface area contributed by atoms with Gasteiger partial charge >= 0.3 is 0 Å². The van der Waals surface area contributed by atoms with Gasteiger partial charge in [0.05, 0.1) is 10.0 Å². The Morgan fingerprint density at radius 1 is 1.47 bits per heavy atom. The van der Waals surface area contributed by atoms with E-state index in [2.05, 4.69) is 25.8 Å². The third-order valence-electron chi connectivity index (χ3n) is 2.14. The van der Waals surface area contributed by atoms with Crippen LogP contribution in [0.2, 0.25) is 5.02 Å². The van der Waals surface area contributed by atoms with E-state index in [0.717, 1.165) is 5.03 Å². The molecule has 0 bridgehead atoms. The number of hydrogen-bond donors (Lipinski definition) is 1. The lowest BCUT2D eigenvalue weighted by molar-refractivity contribution is 0.398. The molecule has 2 N–H and O–H groups in total. The van der Waals surface area contributed by atoms with Crippen LogP contribution in [0.25, 0.3) is 0 Å². The minimum absolute atomic E-state index is 0.181. The number of rotatable bonds is 3. The Balaban J connectivity index is 2.71. The maximum Gasteiger partial charge on any atom is 0.0964 e. The number of nitrogens with zero attached hydrogens (tertiary/aromatic N) is 1. The van der Waals surface area contributed by atoms with Crippen LogP contribution in [-0.4, -0.2) is 16.8 Å². The summed E-state index contributed by atoms with van der Waals surface area (Å²) in [6, 6.07) is 3.79. The summed E-state index contributed by atoms with van der Waals surface area (Å²) in [4.78, 5) is 4.26. The molecule has 0 fully saturated rings. The fourth-order valence-electron chi connectivity index (χ4n) is 1.16. The molecule has 1 unspecified atom stereocenters. The smallest absolute Gasteiger partial charge is 0.0964 e. The van der Waals surface area contributed by atoms with Gasteiger partial charge in [0.2, 0.25) is 0 Å². The Kier molecular flexibility index (Phi) is 4.44. The second-order valence-electron chi connectivity index (χ2n) is 4.52. The van der Waals surface area contributed by atoms with E-state index in [-0.39, 0.29) is 5.41 Å². The van der Waals surface area contributed by atoms with E-state index >= 15 is 0 Å². The van der Waals surface area contributed by atoms with Crippen LogP contribution in [0, 0.1) is 5.41 Å². The van der Waals surface area contributed by atoms with Crippen molar-refractivity contribution in [1.82, 2.24) is 4.98 Å². The summed E-state index contributed by atoms with van der Waals surface area (Å²) >= 11 is 7.49. The Morgan fingerprint density at radius 2 is 2.13 bits per heavy atom. The van der Waals surface area contributed by atoms with Crippen LogP contribution in [0.1, 0.15) is 20.8 Å². The van der Waals surface area contributed by atoms with Crippen LogP contribution in [0.5, 0.6) is 0 Å². The van der Waals surface area contributed by atoms with Crippen molar-refractivity contribution < 1.29 is 0 Å². The summed E-state index contributed by atoms with van der Waals surface area (Å²) < 4.78 is 0. The summed E-state index contributed by atoms with van der Waals surface area (Å²) in [5.74, 6) is 0. The van der Waals surface area contributed by atoms with Gasteiger partial charge in [-0.3, -0.25) is 0 Å². The normalized spacial score (nSPS) is 13.9. The van der Waals surface area contributed by atoms with Gasteiger partial charge in [-0.1, -0.05) is 32.4 Å². The molecule has 0 aliphatic heterocycles. The molecular weight excluding hydrogens is 228 g/mol. The molecule has 1 aromatic rings.